The summed E-state index contributed by atoms with van der Waals surface area (Å²) in [5.74, 6) is 1.42. The van der Waals surface area contributed by atoms with Crippen LogP contribution in [0, 0.1) is 13.8 Å². The highest BCUT2D eigenvalue weighted by atomic mass is 16.5. The van der Waals surface area contributed by atoms with Crippen LogP contribution in [0.3, 0.4) is 0 Å². The molecule has 1 saturated carbocycles. The molecule has 8 heteroatoms. The molecule has 0 saturated heterocycles. The minimum Gasteiger partial charge on any atom is -0.484 e. The number of aryl methyl sites for hydroxylation is 2. The predicted molar refractivity (Wildman–Crippen MR) is 104 cm³/mol. The molecule has 1 fully saturated rings. The van der Waals surface area contributed by atoms with Gasteiger partial charge in [0.05, 0.1) is 5.69 Å². The molecule has 0 unspecified atom stereocenters. The molecule has 2 N–H and O–H groups in total. The minimum absolute atomic E-state index is 0.134. The van der Waals surface area contributed by atoms with E-state index < -0.39 is 0 Å². The van der Waals surface area contributed by atoms with Gasteiger partial charge in [-0.25, -0.2) is 4.98 Å². The van der Waals surface area contributed by atoms with Crippen molar-refractivity contribution in [2.45, 2.75) is 32.6 Å². The summed E-state index contributed by atoms with van der Waals surface area (Å²) in [4.78, 5) is 31.2. The smallest absolute Gasteiger partial charge is 0.263 e. The lowest BCUT2D eigenvalue weighted by molar-refractivity contribution is -0.118. The lowest BCUT2D eigenvalue weighted by atomic mass is 10.2. The Balaban J connectivity index is 1.54. The van der Waals surface area contributed by atoms with E-state index >= 15 is 0 Å². The maximum Gasteiger partial charge on any atom is 0.263 e. The lowest BCUT2D eigenvalue weighted by Gasteiger charge is -2.09. The SMILES string of the molecule is Cc1cccc(OCC(=O)Nc2cc(C3CC3)nn2-c2nc(C)cc(=O)[nH]2)c1. The van der Waals surface area contributed by atoms with Gasteiger partial charge in [0, 0.05) is 23.7 Å². The molecule has 28 heavy (non-hydrogen) atoms. The Labute approximate surface area is 161 Å². The van der Waals surface area contributed by atoms with E-state index in [4.69, 9.17) is 4.74 Å². The number of rotatable bonds is 6. The quantitative estimate of drug-likeness (QED) is 0.685. The van der Waals surface area contributed by atoms with Crippen molar-refractivity contribution in [3.63, 3.8) is 0 Å². The Morgan fingerprint density at radius 3 is 2.82 bits per heavy atom. The number of hydrogen-bond donors (Lipinski definition) is 2. The van der Waals surface area contributed by atoms with Gasteiger partial charge < -0.3 is 10.1 Å². The monoisotopic (exact) mass is 379 g/mol. The molecule has 1 aliphatic rings. The molecule has 0 atom stereocenters. The van der Waals surface area contributed by atoms with Gasteiger partial charge in [-0.2, -0.15) is 9.78 Å². The van der Waals surface area contributed by atoms with Crippen molar-refractivity contribution >= 4 is 11.7 Å². The predicted octanol–water partition coefficient (Wildman–Crippen LogP) is 2.47. The van der Waals surface area contributed by atoms with Gasteiger partial charge in [0.25, 0.3) is 11.5 Å². The van der Waals surface area contributed by atoms with Gasteiger partial charge in [-0.15, -0.1) is 0 Å². The summed E-state index contributed by atoms with van der Waals surface area (Å²) in [6, 6.07) is 10.7. The highest BCUT2D eigenvalue weighted by Crippen LogP contribution is 2.40. The van der Waals surface area contributed by atoms with Crippen molar-refractivity contribution in [1.29, 1.82) is 0 Å². The van der Waals surface area contributed by atoms with E-state index in [-0.39, 0.29) is 24.0 Å². The highest BCUT2D eigenvalue weighted by molar-refractivity contribution is 5.91. The summed E-state index contributed by atoms with van der Waals surface area (Å²) >= 11 is 0. The first kappa shape index (κ1) is 18.0. The third kappa shape index (κ3) is 4.11. The molecule has 2 aromatic heterocycles. The zero-order valence-corrected chi connectivity index (χ0v) is 15.7. The van der Waals surface area contributed by atoms with E-state index in [1.807, 2.05) is 31.2 Å². The van der Waals surface area contributed by atoms with Crippen molar-refractivity contribution in [1.82, 2.24) is 19.7 Å². The van der Waals surface area contributed by atoms with E-state index in [2.05, 4.69) is 20.4 Å². The average Bonchev–Trinajstić information content (AvgIpc) is 3.40. The molecule has 0 spiro atoms. The van der Waals surface area contributed by atoms with E-state index in [1.54, 1.807) is 13.0 Å². The summed E-state index contributed by atoms with van der Waals surface area (Å²) in [6.07, 6.45) is 2.14. The van der Waals surface area contributed by atoms with Crippen LogP contribution in [0.2, 0.25) is 0 Å². The van der Waals surface area contributed by atoms with Crippen LogP contribution in [-0.2, 0) is 4.79 Å². The second-order valence-electron chi connectivity index (χ2n) is 7.00. The number of anilines is 1. The second-order valence-corrected chi connectivity index (χ2v) is 7.00. The summed E-state index contributed by atoms with van der Waals surface area (Å²) < 4.78 is 7.02. The van der Waals surface area contributed by atoms with Crippen LogP contribution in [0.15, 0.2) is 41.2 Å². The average molecular weight is 379 g/mol. The van der Waals surface area contributed by atoms with Crippen molar-refractivity contribution in [3.8, 4) is 11.7 Å². The number of hydrogen-bond acceptors (Lipinski definition) is 5. The van der Waals surface area contributed by atoms with Gasteiger partial charge >= 0.3 is 0 Å². The van der Waals surface area contributed by atoms with Crippen molar-refractivity contribution < 1.29 is 9.53 Å². The number of benzene rings is 1. The fourth-order valence-electron chi connectivity index (χ4n) is 2.93. The van der Waals surface area contributed by atoms with Crippen molar-refractivity contribution in [2.75, 3.05) is 11.9 Å². The van der Waals surface area contributed by atoms with Gasteiger partial charge in [-0.3, -0.25) is 14.6 Å². The fraction of sp³-hybridized carbons (Fsp3) is 0.300. The summed E-state index contributed by atoms with van der Waals surface area (Å²) in [5, 5.41) is 7.35. The minimum atomic E-state index is -0.319. The first-order valence-electron chi connectivity index (χ1n) is 9.15. The standard InChI is InChI=1S/C20H21N5O3/c1-12-4-3-5-15(8-12)28-11-19(27)22-17-10-16(14-6-7-14)24-25(17)20-21-13(2)9-18(26)23-20/h3-5,8-10,14H,6-7,11H2,1-2H3,(H,22,27)(H,21,23,26). The Hall–Kier alpha value is -3.42. The Kier molecular flexibility index (Phi) is 4.68. The molecule has 0 bridgehead atoms. The number of amides is 1. The zero-order chi connectivity index (χ0) is 19.7. The fourth-order valence-corrected chi connectivity index (χ4v) is 2.93. The van der Waals surface area contributed by atoms with Crippen LogP contribution in [0.5, 0.6) is 5.75 Å². The first-order valence-corrected chi connectivity index (χ1v) is 9.15. The lowest BCUT2D eigenvalue weighted by Crippen LogP contribution is -2.23. The topological polar surface area (TPSA) is 102 Å². The molecule has 0 aliphatic heterocycles. The van der Waals surface area contributed by atoms with Crippen LogP contribution in [0.4, 0.5) is 5.82 Å². The Morgan fingerprint density at radius 2 is 2.11 bits per heavy atom. The van der Waals surface area contributed by atoms with E-state index in [0.717, 1.165) is 24.1 Å². The molecular weight excluding hydrogens is 358 g/mol. The van der Waals surface area contributed by atoms with Gasteiger partial charge in [0.1, 0.15) is 11.6 Å². The number of nitrogens with zero attached hydrogens (tertiary/aromatic N) is 3. The number of nitrogens with one attached hydrogen (secondary N) is 2. The molecule has 0 radical (unpaired) electrons. The highest BCUT2D eigenvalue weighted by Gasteiger charge is 2.28. The molecule has 144 valence electrons. The summed E-state index contributed by atoms with van der Waals surface area (Å²) in [6.45, 7) is 3.56. The summed E-state index contributed by atoms with van der Waals surface area (Å²) in [5.41, 5.74) is 2.23. The van der Waals surface area contributed by atoms with E-state index in [0.29, 0.717) is 23.2 Å². The number of H-pyrrole nitrogens is 1. The number of carbonyl (C=O) groups excluding carboxylic acids is 1. The Bertz CT molecular complexity index is 1080. The van der Waals surface area contributed by atoms with Gasteiger partial charge in [-0.05, 0) is 44.4 Å². The number of ether oxygens (including phenoxy) is 1. The second kappa shape index (κ2) is 7.30. The zero-order valence-electron chi connectivity index (χ0n) is 15.7. The molecular formula is C20H21N5O3. The van der Waals surface area contributed by atoms with Crippen LogP contribution in [-0.4, -0.2) is 32.3 Å². The van der Waals surface area contributed by atoms with E-state index in [9.17, 15) is 9.59 Å². The van der Waals surface area contributed by atoms with E-state index in [1.165, 1.54) is 10.7 Å². The van der Waals surface area contributed by atoms with Gasteiger partial charge in [-0.1, -0.05) is 12.1 Å². The van der Waals surface area contributed by atoms with Gasteiger partial charge in [0.2, 0.25) is 5.95 Å². The molecule has 3 aromatic rings. The maximum atomic E-state index is 12.4. The Morgan fingerprint density at radius 1 is 1.29 bits per heavy atom. The van der Waals surface area contributed by atoms with Crippen LogP contribution < -0.4 is 15.6 Å². The number of carbonyl (C=O) groups is 1. The number of aromatic amines is 1. The maximum absolute atomic E-state index is 12.4. The third-order valence-electron chi connectivity index (χ3n) is 4.41. The van der Waals surface area contributed by atoms with Crippen LogP contribution in [0.25, 0.3) is 5.95 Å². The largest absolute Gasteiger partial charge is 0.484 e. The van der Waals surface area contributed by atoms with Crippen molar-refractivity contribution in [3.05, 3.63) is 63.7 Å². The normalized spacial score (nSPS) is 13.4. The first-order chi connectivity index (χ1) is 13.5. The summed E-state index contributed by atoms with van der Waals surface area (Å²) in [7, 11) is 0. The number of aromatic nitrogens is 4. The molecule has 1 amide bonds. The molecule has 4 rings (SSSR count). The van der Waals surface area contributed by atoms with Crippen LogP contribution in [0.1, 0.15) is 35.7 Å². The third-order valence-corrected chi connectivity index (χ3v) is 4.41. The molecule has 2 heterocycles. The molecule has 1 aliphatic carbocycles. The van der Waals surface area contributed by atoms with Gasteiger partial charge in [0.15, 0.2) is 6.61 Å². The van der Waals surface area contributed by atoms with Crippen molar-refractivity contribution in [2.24, 2.45) is 0 Å². The molecule has 1 aromatic carbocycles. The van der Waals surface area contributed by atoms with Crippen LogP contribution >= 0.6 is 0 Å². The molecule has 8 nitrogen and oxygen atoms in total.